The van der Waals surface area contributed by atoms with Crippen LogP contribution in [0, 0.1) is 0 Å². The SMILES string of the molecule is CNCCc1nc(-c2ccc3nc[nH]c3c2)cs1. The summed E-state index contributed by atoms with van der Waals surface area (Å²) in [5.41, 5.74) is 4.22. The number of aromatic amines is 1. The third kappa shape index (κ3) is 2.14. The third-order valence-electron chi connectivity index (χ3n) is 2.86. The van der Waals surface area contributed by atoms with E-state index >= 15 is 0 Å². The molecule has 92 valence electrons. The normalized spacial score (nSPS) is 11.2. The highest BCUT2D eigenvalue weighted by atomic mass is 32.1. The molecule has 0 aliphatic carbocycles. The van der Waals surface area contributed by atoms with Gasteiger partial charge < -0.3 is 10.3 Å². The number of hydrogen-bond acceptors (Lipinski definition) is 4. The van der Waals surface area contributed by atoms with Crippen molar-refractivity contribution in [1.29, 1.82) is 0 Å². The van der Waals surface area contributed by atoms with Crippen LogP contribution in [0.15, 0.2) is 29.9 Å². The second kappa shape index (κ2) is 4.88. The van der Waals surface area contributed by atoms with Crippen LogP contribution in [0.1, 0.15) is 5.01 Å². The largest absolute Gasteiger partial charge is 0.345 e. The minimum absolute atomic E-state index is 0.965. The van der Waals surface area contributed by atoms with Crippen LogP contribution in [0.5, 0.6) is 0 Å². The Balaban J connectivity index is 1.90. The first-order valence-electron chi connectivity index (χ1n) is 5.89. The summed E-state index contributed by atoms with van der Waals surface area (Å²) >= 11 is 1.71. The van der Waals surface area contributed by atoms with E-state index in [1.54, 1.807) is 17.7 Å². The van der Waals surface area contributed by atoms with Gasteiger partial charge in [0, 0.05) is 23.9 Å². The Morgan fingerprint density at radius 1 is 1.39 bits per heavy atom. The molecule has 0 unspecified atom stereocenters. The van der Waals surface area contributed by atoms with Gasteiger partial charge in [-0.05, 0) is 19.2 Å². The minimum atomic E-state index is 0.965. The molecule has 0 saturated heterocycles. The van der Waals surface area contributed by atoms with Crippen molar-refractivity contribution in [2.45, 2.75) is 6.42 Å². The molecule has 18 heavy (non-hydrogen) atoms. The van der Waals surface area contributed by atoms with Crippen LogP contribution in [0.3, 0.4) is 0 Å². The number of H-pyrrole nitrogens is 1. The summed E-state index contributed by atoms with van der Waals surface area (Å²) in [4.78, 5) is 12.0. The molecule has 0 amide bonds. The maximum atomic E-state index is 4.65. The third-order valence-corrected chi connectivity index (χ3v) is 3.77. The van der Waals surface area contributed by atoms with Crippen molar-refractivity contribution >= 4 is 22.4 Å². The van der Waals surface area contributed by atoms with E-state index < -0.39 is 0 Å². The molecule has 2 aromatic heterocycles. The van der Waals surface area contributed by atoms with Gasteiger partial charge in [-0.25, -0.2) is 9.97 Å². The van der Waals surface area contributed by atoms with Crippen LogP contribution < -0.4 is 5.32 Å². The average molecular weight is 258 g/mol. The fourth-order valence-corrected chi connectivity index (χ4v) is 2.69. The standard InChI is InChI=1S/C13H14N4S/c1-14-5-4-13-17-12(7-18-13)9-2-3-10-11(6-9)16-8-15-10/h2-3,6-8,14H,4-5H2,1H3,(H,15,16). The van der Waals surface area contributed by atoms with E-state index in [-0.39, 0.29) is 0 Å². The lowest BCUT2D eigenvalue weighted by Crippen LogP contribution is -2.09. The van der Waals surface area contributed by atoms with Gasteiger partial charge in [0.25, 0.3) is 0 Å². The smallest absolute Gasteiger partial charge is 0.0945 e. The predicted octanol–water partition coefficient (Wildman–Crippen LogP) is 2.45. The van der Waals surface area contributed by atoms with Crippen molar-refractivity contribution in [3.8, 4) is 11.3 Å². The van der Waals surface area contributed by atoms with Crippen molar-refractivity contribution in [2.75, 3.05) is 13.6 Å². The highest BCUT2D eigenvalue weighted by Gasteiger charge is 2.06. The van der Waals surface area contributed by atoms with Gasteiger partial charge >= 0.3 is 0 Å². The average Bonchev–Trinajstić information content (AvgIpc) is 3.04. The fourth-order valence-electron chi connectivity index (χ4n) is 1.89. The number of imidazole rings is 1. The molecule has 5 heteroatoms. The van der Waals surface area contributed by atoms with Crippen LogP contribution in [-0.2, 0) is 6.42 Å². The van der Waals surface area contributed by atoms with Crippen molar-refractivity contribution < 1.29 is 0 Å². The number of nitrogens with zero attached hydrogens (tertiary/aromatic N) is 2. The number of rotatable bonds is 4. The molecule has 0 fully saturated rings. The summed E-state index contributed by atoms with van der Waals surface area (Å²) in [6.07, 6.45) is 2.70. The molecule has 0 aliphatic rings. The molecule has 0 bridgehead atoms. The predicted molar refractivity (Wildman–Crippen MR) is 74.8 cm³/mol. The molecular formula is C13H14N4S. The quantitative estimate of drug-likeness (QED) is 0.755. The highest BCUT2D eigenvalue weighted by molar-refractivity contribution is 7.09. The summed E-state index contributed by atoms with van der Waals surface area (Å²) in [6, 6.07) is 6.19. The van der Waals surface area contributed by atoms with Gasteiger partial charge in [-0.15, -0.1) is 11.3 Å². The van der Waals surface area contributed by atoms with Crippen LogP contribution in [0.2, 0.25) is 0 Å². The Morgan fingerprint density at radius 3 is 3.22 bits per heavy atom. The van der Waals surface area contributed by atoms with E-state index in [2.05, 4.69) is 37.8 Å². The van der Waals surface area contributed by atoms with Crippen molar-refractivity contribution in [3.63, 3.8) is 0 Å². The topological polar surface area (TPSA) is 53.6 Å². The molecule has 2 N–H and O–H groups in total. The first-order valence-corrected chi connectivity index (χ1v) is 6.77. The molecule has 3 rings (SSSR count). The van der Waals surface area contributed by atoms with E-state index in [1.807, 2.05) is 13.1 Å². The minimum Gasteiger partial charge on any atom is -0.345 e. The number of fused-ring (bicyclic) bond motifs is 1. The van der Waals surface area contributed by atoms with Crippen LogP contribution >= 0.6 is 11.3 Å². The van der Waals surface area contributed by atoms with Crippen molar-refractivity contribution in [2.24, 2.45) is 0 Å². The summed E-state index contributed by atoms with van der Waals surface area (Å²) in [6.45, 7) is 0.965. The summed E-state index contributed by atoms with van der Waals surface area (Å²) in [5.74, 6) is 0. The zero-order valence-corrected chi connectivity index (χ0v) is 10.9. The Morgan fingerprint density at radius 2 is 2.33 bits per heavy atom. The Hall–Kier alpha value is -1.72. The number of aromatic nitrogens is 3. The number of nitrogens with one attached hydrogen (secondary N) is 2. The van der Waals surface area contributed by atoms with E-state index in [0.717, 1.165) is 35.3 Å². The monoisotopic (exact) mass is 258 g/mol. The molecule has 0 saturated carbocycles. The first kappa shape index (κ1) is 11.4. The second-order valence-corrected chi connectivity index (χ2v) is 5.06. The van der Waals surface area contributed by atoms with Gasteiger partial charge in [-0.1, -0.05) is 6.07 Å². The summed E-state index contributed by atoms with van der Waals surface area (Å²) < 4.78 is 0. The molecular weight excluding hydrogens is 244 g/mol. The fraction of sp³-hybridized carbons (Fsp3) is 0.231. The first-order chi connectivity index (χ1) is 8.86. The molecule has 3 aromatic rings. The number of benzene rings is 1. The second-order valence-electron chi connectivity index (χ2n) is 4.11. The van der Waals surface area contributed by atoms with Gasteiger partial charge in [0.15, 0.2) is 0 Å². The summed E-state index contributed by atoms with van der Waals surface area (Å²) in [5, 5.41) is 6.42. The lowest BCUT2D eigenvalue weighted by molar-refractivity contribution is 0.788. The maximum Gasteiger partial charge on any atom is 0.0945 e. The van der Waals surface area contributed by atoms with Gasteiger partial charge in [-0.2, -0.15) is 0 Å². The molecule has 0 atom stereocenters. The van der Waals surface area contributed by atoms with Crippen LogP contribution in [-0.4, -0.2) is 28.5 Å². The number of hydrogen-bond donors (Lipinski definition) is 2. The highest BCUT2D eigenvalue weighted by Crippen LogP contribution is 2.24. The van der Waals surface area contributed by atoms with E-state index in [0.29, 0.717) is 0 Å². The van der Waals surface area contributed by atoms with Crippen molar-refractivity contribution in [1.82, 2.24) is 20.3 Å². The zero-order chi connectivity index (χ0) is 12.4. The van der Waals surface area contributed by atoms with Gasteiger partial charge in [0.1, 0.15) is 0 Å². The lowest BCUT2D eigenvalue weighted by Gasteiger charge is -1.97. The lowest BCUT2D eigenvalue weighted by atomic mass is 10.1. The Bertz CT molecular complexity index is 656. The zero-order valence-electron chi connectivity index (χ0n) is 10.1. The maximum absolute atomic E-state index is 4.65. The molecule has 0 spiro atoms. The van der Waals surface area contributed by atoms with Crippen molar-refractivity contribution in [3.05, 3.63) is 34.9 Å². The van der Waals surface area contributed by atoms with E-state index in [4.69, 9.17) is 0 Å². The molecule has 0 radical (unpaired) electrons. The number of thiazole rings is 1. The van der Waals surface area contributed by atoms with E-state index in [1.165, 1.54) is 5.01 Å². The van der Waals surface area contributed by atoms with Crippen LogP contribution in [0.25, 0.3) is 22.3 Å². The Labute approximate surface area is 109 Å². The Kier molecular flexibility index (Phi) is 3.08. The molecule has 1 aromatic carbocycles. The summed E-state index contributed by atoms with van der Waals surface area (Å²) in [7, 11) is 1.96. The van der Waals surface area contributed by atoms with Gasteiger partial charge in [0.05, 0.1) is 28.1 Å². The van der Waals surface area contributed by atoms with Crippen LogP contribution in [0.4, 0.5) is 0 Å². The molecule has 2 heterocycles. The molecule has 0 aliphatic heterocycles. The van der Waals surface area contributed by atoms with E-state index in [9.17, 15) is 0 Å². The number of likely N-dealkylation sites (N-methyl/N-ethyl adjacent to an activating group) is 1. The van der Waals surface area contributed by atoms with Gasteiger partial charge in [-0.3, -0.25) is 0 Å². The molecule has 4 nitrogen and oxygen atoms in total. The van der Waals surface area contributed by atoms with Gasteiger partial charge in [0.2, 0.25) is 0 Å².